The third-order valence-electron chi connectivity index (χ3n) is 8.72. The molecule has 2 saturated heterocycles. The van der Waals surface area contributed by atoms with Crippen molar-refractivity contribution in [3.05, 3.63) is 0 Å². The molecule has 2 saturated carbocycles. The van der Waals surface area contributed by atoms with Crippen LogP contribution in [0.5, 0.6) is 0 Å². The van der Waals surface area contributed by atoms with Crippen LogP contribution in [0.1, 0.15) is 79.6 Å². The van der Waals surface area contributed by atoms with Gasteiger partial charge in [0.05, 0.1) is 5.41 Å². The molecule has 2 aliphatic carbocycles. The van der Waals surface area contributed by atoms with Crippen LogP contribution in [0.25, 0.3) is 0 Å². The first-order valence-corrected chi connectivity index (χ1v) is 10.1. The maximum atomic E-state index is 13.0. The van der Waals surface area contributed by atoms with Gasteiger partial charge in [-0.2, -0.15) is 0 Å². The zero-order chi connectivity index (χ0) is 19.0. The Morgan fingerprint density at radius 2 is 1.73 bits per heavy atom. The molecule has 4 aliphatic rings. The van der Waals surface area contributed by atoms with Crippen LogP contribution in [-0.4, -0.2) is 35.3 Å². The van der Waals surface area contributed by atoms with Gasteiger partial charge in [-0.15, -0.1) is 0 Å². The van der Waals surface area contributed by atoms with Crippen LogP contribution in [0.2, 0.25) is 0 Å². The van der Waals surface area contributed by atoms with Gasteiger partial charge < -0.3 is 14.2 Å². The van der Waals surface area contributed by atoms with E-state index in [1.807, 2.05) is 27.7 Å². The molecule has 2 heterocycles. The fourth-order valence-corrected chi connectivity index (χ4v) is 5.81. The largest absolute Gasteiger partial charge is 0.460 e. The molecule has 0 unspecified atom stereocenters. The van der Waals surface area contributed by atoms with Crippen molar-refractivity contribution in [2.75, 3.05) is 6.61 Å². The number of hydrogen-bond donors (Lipinski definition) is 0. The van der Waals surface area contributed by atoms with Crippen molar-refractivity contribution in [2.45, 2.75) is 96.4 Å². The number of hydrogen-bond acceptors (Lipinski definition) is 5. The maximum Gasteiger partial charge on any atom is 0.351 e. The van der Waals surface area contributed by atoms with E-state index >= 15 is 0 Å². The Morgan fingerprint density at radius 1 is 1.08 bits per heavy atom. The fourth-order valence-electron chi connectivity index (χ4n) is 5.81. The van der Waals surface area contributed by atoms with Gasteiger partial charge in [-0.3, -0.25) is 4.79 Å². The quantitative estimate of drug-likeness (QED) is 0.561. The first-order chi connectivity index (χ1) is 12.0. The highest BCUT2D eigenvalue weighted by Crippen LogP contribution is 2.66. The summed E-state index contributed by atoms with van der Waals surface area (Å²) in [5, 5.41) is 0. The minimum absolute atomic E-state index is 0.211. The van der Waals surface area contributed by atoms with Gasteiger partial charge in [0, 0.05) is 5.41 Å². The highest BCUT2D eigenvalue weighted by molar-refractivity contribution is 5.93. The second-order valence-corrected chi connectivity index (χ2v) is 10.0. The van der Waals surface area contributed by atoms with Crippen molar-refractivity contribution in [3.63, 3.8) is 0 Å². The van der Waals surface area contributed by atoms with Gasteiger partial charge in [0.2, 0.25) is 5.60 Å². The predicted octanol–water partition coefficient (Wildman–Crippen LogP) is 3.78. The molecule has 26 heavy (non-hydrogen) atoms. The lowest BCUT2D eigenvalue weighted by Crippen LogP contribution is -2.49. The molecule has 0 aromatic heterocycles. The van der Waals surface area contributed by atoms with Crippen LogP contribution in [0.15, 0.2) is 0 Å². The first kappa shape index (κ1) is 18.3. The highest BCUT2D eigenvalue weighted by atomic mass is 16.7. The van der Waals surface area contributed by atoms with Crippen LogP contribution >= 0.6 is 0 Å². The molecule has 5 nitrogen and oxygen atoms in total. The Morgan fingerprint density at radius 3 is 2.27 bits per heavy atom. The number of carbonyl (C=O) groups is 2. The molecule has 0 N–H and O–H groups in total. The summed E-state index contributed by atoms with van der Waals surface area (Å²) in [6.45, 7) is 10.2. The number of ether oxygens (including phenoxy) is 3. The Hall–Kier alpha value is -1.10. The average molecular weight is 364 g/mol. The van der Waals surface area contributed by atoms with E-state index in [2.05, 4.69) is 6.92 Å². The topological polar surface area (TPSA) is 65.1 Å². The zero-order valence-electron chi connectivity index (χ0n) is 16.8. The Balaban J connectivity index is 1.45. The third kappa shape index (κ3) is 2.01. The minimum Gasteiger partial charge on any atom is -0.460 e. The lowest BCUT2D eigenvalue weighted by molar-refractivity contribution is -0.184. The second kappa shape index (κ2) is 5.24. The van der Waals surface area contributed by atoms with Crippen LogP contribution in [-0.2, 0) is 23.8 Å². The standard InChI is InChI=1S/C21H32O5/c1-17(2)18(3)11-12-21(17,25-15(18)22)16(23)24-13-19(4)20(5,26-19)14-9-7-6-8-10-14/h14H,6-13H2,1-5H3/t18-,19+,20-,21-/m1/s1. The predicted molar refractivity (Wildman–Crippen MR) is 95.4 cm³/mol. The molecule has 0 aromatic carbocycles. The van der Waals surface area contributed by atoms with Gasteiger partial charge in [0.1, 0.15) is 17.8 Å². The van der Waals surface area contributed by atoms with Gasteiger partial charge in [0.15, 0.2) is 0 Å². The SMILES string of the molecule is CC1(C)[C@]2(C)CC[C@]1(C(=O)OC[C@]1(C)O[C@]1(C)C1CCCCC1)OC2=O. The van der Waals surface area contributed by atoms with E-state index in [1.54, 1.807) is 0 Å². The summed E-state index contributed by atoms with van der Waals surface area (Å²) in [6.07, 6.45) is 7.40. The van der Waals surface area contributed by atoms with E-state index in [1.165, 1.54) is 32.1 Å². The summed E-state index contributed by atoms with van der Waals surface area (Å²) in [5.41, 5.74) is -2.96. The first-order valence-electron chi connectivity index (χ1n) is 10.1. The summed E-state index contributed by atoms with van der Waals surface area (Å²) in [5.74, 6) is -0.139. The number of rotatable bonds is 4. The molecule has 146 valence electrons. The highest BCUT2D eigenvalue weighted by Gasteiger charge is 2.77. The summed E-state index contributed by atoms with van der Waals surface area (Å²) < 4.78 is 17.5. The maximum absolute atomic E-state index is 13.0. The van der Waals surface area contributed by atoms with Crippen molar-refractivity contribution in [1.29, 1.82) is 0 Å². The summed E-state index contributed by atoms with van der Waals surface area (Å²) in [7, 11) is 0. The molecule has 2 bridgehead atoms. The van der Waals surface area contributed by atoms with E-state index in [4.69, 9.17) is 14.2 Å². The minimum atomic E-state index is -1.15. The average Bonchev–Trinajstić information content (AvgIpc) is 3.06. The molecule has 4 atom stereocenters. The van der Waals surface area contributed by atoms with E-state index < -0.39 is 28.0 Å². The number of carbonyl (C=O) groups excluding carboxylic acids is 2. The fraction of sp³-hybridized carbons (Fsp3) is 0.905. The van der Waals surface area contributed by atoms with E-state index in [0.717, 1.165) is 0 Å². The normalized spacial score (nSPS) is 46.9. The van der Waals surface area contributed by atoms with E-state index in [-0.39, 0.29) is 18.2 Å². The molecule has 4 fully saturated rings. The lowest BCUT2D eigenvalue weighted by atomic mass is 9.66. The Bertz CT molecular complexity index is 651. The number of fused-ring (bicyclic) bond motifs is 2. The van der Waals surface area contributed by atoms with Crippen LogP contribution < -0.4 is 0 Å². The smallest absolute Gasteiger partial charge is 0.351 e. The molecule has 0 amide bonds. The van der Waals surface area contributed by atoms with Gasteiger partial charge in [-0.25, -0.2) is 4.79 Å². The third-order valence-corrected chi connectivity index (χ3v) is 8.72. The monoisotopic (exact) mass is 364 g/mol. The second-order valence-electron chi connectivity index (χ2n) is 10.0. The Labute approximate surface area is 156 Å². The number of epoxide rings is 1. The van der Waals surface area contributed by atoms with Gasteiger partial charge >= 0.3 is 11.9 Å². The van der Waals surface area contributed by atoms with Crippen molar-refractivity contribution in [3.8, 4) is 0 Å². The lowest BCUT2D eigenvalue weighted by Gasteiger charge is -2.34. The summed E-state index contributed by atoms with van der Waals surface area (Å²) >= 11 is 0. The number of esters is 2. The molecular formula is C21H32O5. The molecular weight excluding hydrogens is 332 g/mol. The van der Waals surface area contributed by atoms with E-state index in [9.17, 15) is 9.59 Å². The molecule has 2 aliphatic heterocycles. The summed E-state index contributed by atoms with van der Waals surface area (Å²) in [4.78, 5) is 25.4. The van der Waals surface area contributed by atoms with Crippen molar-refractivity contribution < 1.29 is 23.8 Å². The molecule has 4 rings (SSSR count). The van der Waals surface area contributed by atoms with Crippen molar-refractivity contribution in [1.82, 2.24) is 0 Å². The summed E-state index contributed by atoms with van der Waals surface area (Å²) in [6, 6.07) is 0. The molecule has 0 aromatic rings. The van der Waals surface area contributed by atoms with Gasteiger partial charge in [-0.05, 0) is 52.4 Å². The Kier molecular flexibility index (Phi) is 3.68. The van der Waals surface area contributed by atoms with Gasteiger partial charge in [-0.1, -0.05) is 33.1 Å². The van der Waals surface area contributed by atoms with Gasteiger partial charge in [0.25, 0.3) is 0 Å². The van der Waals surface area contributed by atoms with Crippen molar-refractivity contribution >= 4 is 11.9 Å². The van der Waals surface area contributed by atoms with Crippen LogP contribution in [0.4, 0.5) is 0 Å². The van der Waals surface area contributed by atoms with Crippen molar-refractivity contribution in [2.24, 2.45) is 16.7 Å². The zero-order valence-corrected chi connectivity index (χ0v) is 16.8. The molecule has 0 radical (unpaired) electrons. The van der Waals surface area contributed by atoms with E-state index in [0.29, 0.717) is 18.8 Å². The molecule has 0 spiro atoms. The molecule has 5 heteroatoms. The van der Waals surface area contributed by atoms with Crippen LogP contribution in [0, 0.1) is 16.7 Å². The van der Waals surface area contributed by atoms with Crippen LogP contribution in [0.3, 0.4) is 0 Å².